The summed E-state index contributed by atoms with van der Waals surface area (Å²) in [6.07, 6.45) is 2.14. The van der Waals surface area contributed by atoms with Crippen LogP contribution >= 0.6 is 0 Å². The molecule has 0 atom stereocenters. The van der Waals surface area contributed by atoms with Gasteiger partial charge in [-0.25, -0.2) is 0 Å². The lowest BCUT2D eigenvalue weighted by Crippen LogP contribution is -2.56. The molecule has 140 valence electrons. The van der Waals surface area contributed by atoms with E-state index in [0.717, 1.165) is 52.1 Å². The molecule has 1 amide bonds. The molecule has 2 aliphatic rings. The average molecular weight is 339 g/mol. The van der Waals surface area contributed by atoms with Crippen LogP contribution in [0.5, 0.6) is 0 Å². The summed E-state index contributed by atoms with van der Waals surface area (Å²) in [6.45, 7) is 20.4. The Morgan fingerprint density at radius 1 is 0.833 bits per heavy atom. The monoisotopic (exact) mass is 338 g/mol. The third-order valence-corrected chi connectivity index (χ3v) is 5.50. The van der Waals surface area contributed by atoms with E-state index in [4.69, 9.17) is 0 Å². The molecule has 0 aromatic heterocycles. The first-order valence-electron chi connectivity index (χ1n) is 9.57. The van der Waals surface area contributed by atoms with Gasteiger partial charge in [-0.2, -0.15) is 0 Å². The standard InChI is InChI=1S/C19H38N4O/c1-18(2,3)22-9-7-16(8-10-22)20-17(24)15-21-11-13-23(14-12-21)19(4,5)6/h16H,7-15H2,1-6H3,(H,20,24). The van der Waals surface area contributed by atoms with Gasteiger partial charge in [0.25, 0.3) is 0 Å². The highest BCUT2D eigenvalue weighted by Gasteiger charge is 2.29. The van der Waals surface area contributed by atoms with Crippen molar-refractivity contribution in [3.05, 3.63) is 0 Å². The lowest BCUT2D eigenvalue weighted by Gasteiger charge is -2.42. The Kier molecular flexibility index (Phi) is 6.32. The molecule has 2 saturated heterocycles. The van der Waals surface area contributed by atoms with Gasteiger partial charge in [0.15, 0.2) is 0 Å². The second-order valence-corrected chi connectivity index (χ2v) is 9.43. The van der Waals surface area contributed by atoms with E-state index >= 15 is 0 Å². The zero-order chi connectivity index (χ0) is 18.0. The predicted octanol–water partition coefficient (Wildman–Crippen LogP) is 1.78. The SMILES string of the molecule is CC(C)(C)N1CCC(NC(=O)CN2CCN(C(C)(C)C)CC2)CC1. The Labute approximate surface area is 148 Å². The number of piperidine rings is 1. The van der Waals surface area contributed by atoms with E-state index in [9.17, 15) is 4.79 Å². The molecule has 5 nitrogen and oxygen atoms in total. The predicted molar refractivity (Wildman–Crippen MR) is 100 cm³/mol. The van der Waals surface area contributed by atoms with Crippen LogP contribution in [-0.4, -0.2) is 83.5 Å². The van der Waals surface area contributed by atoms with E-state index in [1.54, 1.807) is 0 Å². The van der Waals surface area contributed by atoms with Gasteiger partial charge in [0.1, 0.15) is 0 Å². The number of hydrogen-bond acceptors (Lipinski definition) is 4. The molecule has 1 N–H and O–H groups in total. The molecule has 2 heterocycles. The van der Waals surface area contributed by atoms with E-state index in [0.29, 0.717) is 12.6 Å². The van der Waals surface area contributed by atoms with Crippen LogP contribution in [0.25, 0.3) is 0 Å². The second kappa shape index (κ2) is 7.71. The van der Waals surface area contributed by atoms with Gasteiger partial charge < -0.3 is 5.32 Å². The summed E-state index contributed by atoms with van der Waals surface area (Å²) in [5, 5.41) is 3.26. The van der Waals surface area contributed by atoms with Gasteiger partial charge in [-0.05, 0) is 54.4 Å². The number of hydrogen-bond donors (Lipinski definition) is 1. The maximum atomic E-state index is 12.4. The molecular weight excluding hydrogens is 300 g/mol. The van der Waals surface area contributed by atoms with Crippen molar-refractivity contribution in [3.63, 3.8) is 0 Å². The van der Waals surface area contributed by atoms with Crippen LogP contribution in [0.3, 0.4) is 0 Å². The quantitative estimate of drug-likeness (QED) is 0.851. The van der Waals surface area contributed by atoms with Crippen molar-refractivity contribution in [1.29, 1.82) is 0 Å². The maximum Gasteiger partial charge on any atom is 0.234 e. The minimum Gasteiger partial charge on any atom is -0.352 e. The molecule has 0 aromatic rings. The summed E-state index contributed by atoms with van der Waals surface area (Å²) in [6, 6.07) is 0.354. The van der Waals surface area contributed by atoms with Crippen LogP contribution in [0.15, 0.2) is 0 Å². The Morgan fingerprint density at radius 3 is 1.75 bits per heavy atom. The lowest BCUT2D eigenvalue weighted by molar-refractivity contribution is -0.123. The third kappa shape index (κ3) is 5.71. The Bertz CT molecular complexity index is 370. The Morgan fingerprint density at radius 2 is 1.29 bits per heavy atom. The number of carbonyl (C=O) groups excluding carboxylic acids is 1. The van der Waals surface area contributed by atoms with Crippen LogP contribution in [0, 0.1) is 0 Å². The van der Waals surface area contributed by atoms with Gasteiger partial charge in [0.05, 0.1) is 6.54 Å². The summed E-state index contributed by atoms with van der Waals surface area (Å²) in [7, 11) is 0. The fraction of sp³-hybridized carbons (Fsp3) is 0.947. The summed E-state index contributed by atoms with van der Waals surface area (Å²) >= 11 is 0. The molecule has 0 unspecified atom stereocenters. The molecule has 2 rings (SSSR count). The molecule has 0 radical (unpaired) electrons. The highest BCUT2D eigenvalue weighted by Crippen LogP contribution is 2.20. The van der Waals surface area contributed by atoms with Gasteiger partial charge in [-0.1, -0.05) is 0 Å². The molecule has 0 spiro atoms. The minimum absolute atomic E-state index is 0.202. The second-order valence-electron chi connectivity index (χ2n) is 9.43. The molecule has 5 heteroatoms. The number of piperazine rings is 1. The molecule has 0 aliphatic carbocycles. The highest BCUT2D eigenvalue weighted by molar-refractivity contribution is 5.78. The Balaban J connectivity index is 1.68. The summed E-state index contributed by atoms with van der Waals surface area (Å²) in [5.41, 5.74) is 0.469. The third-order valence-electron chi connectivity index (χ3n) is 5.50. The first-order valence-corrected chi connectivity index (χ1v) is 9.57. The van der Waals surface area contributed by atoms with Crippen molar-refractivity contribution < 1.29 is 4.79 Å². The van der Waals surface area contributed by atoms with Crippen LogP contribution in [0.4, 0.5) is 0 Å². The van der Waals surface area contributed by atoms with Gasteiger partial charge in [0, 0.05) is 56.4 Å². The van der Waals surface area contributed by atoms with Crippen molar-refractivity contribution in [2.45, 2.75) is 71.5 Å². The first-order chi connectivity index (χ1) is 11.1. The fourth-order valence-corrected chi connectivity index (χ4v) is 3.75. The van der Waals surface area contributed by atoms with E-state index in [1.807, 2.05) is 0 Å². The Hall–Kier alpha value is -0.650. The van der Waals surface area contributed by atoms with Gasteiger partial charge in [-0.3, -0.25) is 19.5 Å². The number of likely N-dealkylation sites (tertiary alicyclic amines) is 1. The van der Waals surface area contributed by atoms with Crippen molar-refractivity contribution in [1.82, 2.24) is 20.0 Å². The van der Waals surface area contributed by atoms with E-state index in [1.165, 1.54) is 0 Å². The van der Waals surface area contributed by atoms with Crippen LogP contribution in [0.1, 0.15) is 54.4 Å². The molecule has 2 fully saturated rings. The van der Waals surface area contributed by atoms with E-state index in [-0.39, 0.29) is 17.0 Å². The largest absolute Gasteiger partial charge is 0.352 e. The molecule has 0 bridgehead atoms. The number of carbonyl (C=O) groups is 1. The van der Waals surface area contributed by atoms with Gasteiger partial charge in [-0.15, -0.1) is 0 Å². The molecule has 2 aliphatic heterocycles. The zero-order valence-electron chi connectivity index (χ0n) is 16.7. The van der Waals surface area contributed by atoms with Crippen molar-refractivity contribution in [2.24, 2.45) is 0 Å². The molecular formula is C19H38N4O. The first kappa shape index (κ1) is 19.7. The van der Waals surface area contributed by atoms with Crippen LogP contribution in [0.2, 0.25) is 0 Å². The number of amides is 1. The van der Waals surface area contributed by atoms with Crippen molar-refractivity contribution in [2.75, 3.05) is 45.8 Å². The zero-order valence-corrected chi connectivity index (χ0v) is 16.7. The lowest BCUT2D eigenvalue weighted by atomic mass is 9.98. The molecule has 0 saturated carbocycles. The van der Waals surface area contributed by atoms with Crippen LogP contribution < -0.4 is 5.32 Å². The summed E-state index contributed by atoms with van der Waals surface area (Å²) in [5.74, 6) is 0.202. The number of rotatable bonds is 3. The highest BCUT2D eigenvalue weighted by atomic mass is 16.2. The molecule has 0 aromatic carbocycles. The topological polar surface area (TPSA) is 38.8 Å². The van der Waals surface area contributed by atoms with Crippen LogP contribution in [-0.2, 0) is 4.79 Å². The maximum absolute atomic E-state index is 12.4. The van der Waals surface area contributed by atoms with Gasteiger partial charge in [0.2, 0.25) is 5.91 Å². The smallest absolute Gasteiger partial charge is 0.234 e. The number of nitrogens with one attached hydrogen (secondary N) is 1. The summed E-state index contributed by atoms with van der Waals surface area (Å²) < 4.78 is 0. The fourth-order valence-electron chi connectivity index (χ4n) is 3.75. The minimum atomic E-state index is 0.202. The normalized spacial score (nSPS) is 23.4. The van der Waals surface area contributed by atoms with E-state index < -0.39 is 0 Å². The van der Waals surface area contributed by atoms with Gasteiger partial charge >= 0.3 is 0 Å². The number of nitrogens with zero attached hydrogens (tertiary/aromatic N) is 3. The van der Waals surface area contributed by atoms with Crippen molar-refractivity contribution in [3.8, 4) is 0 Å². The van der Waals surface area contributed by atoms with E-state index in [2.05, 4.69) is 61.6 Å². The molecule has 24 heavy (non-hydrogen) atoms. The van der Waals surface area contributed by atoms with Crippen molar-refractivity contribution >= 4 is 5.91 Å². The average Bonchev–Trinajstić information content (AvgIpc) is 2.46. The summed E-state index contributed by atoms with van der Waals surface area (Å²) in [4.78, 5) is 19.7.